The van der Waals surface area contributed by atoms with E-state index in [1.54, 1.807) is 11.0 Å². The zero-order chi connectivity index (χ0) is 14.0. The molecule has 0 saturated carbocycles. The fourth-order valence-electron chi connectivity index (χ4n) is 2.23. The molecule has 0 radical (unpaired) electrons. The van der Waals surface area contributed by atoms with Crippen LogP contribution in [0.25, 0.3) is 0 Å². The van der Waals surface area contributed by atoms with Crippen molar-refractivity contribution in [3.63, 3.8) is 0 Å². The number of likely N-dealkylation sites (tertiary alicyclic amines) is 1. The Hall–Kier alpha value is -0.880. The van der Waals surface area contributed by atoms with Gasteiger partial charge in [-0.15, -0.1) is 0 Å². The van der Waals surface area contributed by atoms with Gasteiger partial charge in [0.05, 0.1) is 11.5 Å². The Balaban J connectivity index is 2.17. The minimum absolute atomic E-state index is 0.0645. The number of halogens is 2. The van der Waals surface area contributed by atoms with E-state index in [0.29, 0.717) is 18.7 Å². The van der Waals surface area contributed by atoms with Crippen LogP contribution in [-0.4, -0.2) is 29.8 Å². The molecule has 1 atom stereocenters. The molecule has 0 aromatic heterocycles. The molecule has 102 valence electrons. The average molecular weight is 390 g/mol. The van der Waals surface area contributed by atoms with Crippen LogP contribution in [0, 0.1) is 5.92 Å². The van der Waals surface area contributed by atoms with Crippen LogP contribution in [0.1, 0.15) is 23.2 Å². The van der Waals surface area contributed by atoms with Crippen molar-refractivity contribution in [2.45, 2.75) is 12.8 Å². The Labute approximate surface area is 128 Å². The van der Waals surface area contributed by atoms with Gasteiger partial charge in [0.15, 0.2) is 0 Å². The quantitative estimate of drug-likeness (QED) is 0.844. The molecule has 0 spiro atoms. The normalized spacial score (nSPS) is 19.3. The highest BCUT2D eigenvalue weighted by Crippen LogP contribution is 2.25. The molecule has 2 amide bonds. The van der Waals surface area contributed by atoms with E-state index in [2.05, 4.69) is 31.9 Å². The van der Waals surface area contributed by atoms with Gasteiger partial charge < -0.3 is 10.6 Å². The van der Waals surface area contributed by atoms with Crippen molar-refractivity contribution in [3.05, 3.63) is 32.7 Å². The van der Waals surface area contributed by atoms with Gasteiger partial charge in [-0.2, -0.15) is 0 Å². The van der Waals surface area contributed by atoms with E-state index in [0.717, 1.165) is 21.8 Å². The van der Waals surface area contributed by atoms with E-state index in [1.165, 1.54) is 0 Å². The number of piperidine rings is 1. The summed E-state index contributed by atoms with van der Waals surface area (Å²) < 4.78 is 1.65. The highest BCUT2D eigenvalue weighted by Gasteiger charge is 2.28. The van der Waals surface area contributed by atoms with E-state index < -0.39 is 0 Å². The molecule has 4 nitrogen and oxygen atoms in total. The van der Waals surface area contributed by atoms with Crippen molar-refractivity contribution in [2.75, 3.05) is 13.1 Å². The largest absolute Gasteiger partial charge is 0.369 e. The first-order valence-corrected chi connectivity index (χ1v) is 7.61. The van der Waals surface area contributed by atoms with Crippen molar-refractivity contribution in [1.29, 1.82) is 0 Å². The fraction of sp³-hybridized carbons (Fsp3) is 0.385. The van der Waals surface area contributed by atoms with Gasteiger partial charge in [0.25, 0.3) is 5.91 Å². The molecule has 1 fully saturated rings. The maximum absolute atomic E-state index is 12.4. The van der Waals surface area contributed by atoms with E-state index in [9.17, 15) is 9.59 Å². The Kier molecular flexibility index (Phi) is 4.62. The minimum atomic E-state index is -0.327. The Bertz CT molecular complexity index is 519. The van der Waals surface area contributed by atoms with Crippen LogP contribution in [0.15, 0.2) is 27.1 Å². The molecule has 1 aliphatic heterocycles. The molecule has 1 saturated heterocycles. The summed E-state index contributed by atoms with van der Waals surface area (Å²) in [5.41, 5.74) is 5.93. The lowest BCUT2D eigenvalue weighted by Gasteiger charge is -2.31. The standard InChI is InChI=1S/C13H14Br2N2O2/c14-9-3-4-10(11(15)6-9)13(19)17-5-1-2-8(7-17)12(16)18/h3-4,6,8H,1-2,5,7H2,(H2,16,18). The molecule has 2 rings (SSSR count). The Morgan fingerprint density at radius 1 is 1.32 bits per heavy atom. The third kappa shape index (κ3) is 3.36. The van der Waals surface area contributed by atoms with Crippen LogP contribution in [0.4, 0.5) is 0 Å². The molecule has 0 aliphatic carbocycles. The highest BCUT2D eigenvalue weighted by molar-refractivity contribution is 9.11. The van der Waals surface area contributed by atoms with E-state index in [-0.39, 0.29) is 17.7 Å². The Morgan fingerprint density at radius 3 is 2.68 bits per heavy atom. The number of primary amides is 1. The maximum Gasteiger partial charge on any atom is 0.255 e. The second-order valence-electron chi connectivity index (χ2n) is 4.62. The lowest BCUT2D eigenvalue weighted by Crippen LogP contribution is -2.44. The lowest BCUT2D eigenvalue weighted by atomic mass is 9.97. The first-order chi connectivity index (χ1) is 8.99. The predicted molar refractivity (Wildman–Crippen MR) is 79.7 cm³/mol. The molecule has 1 aromatic carbocycles. The smallest absolute Gasteiger partial charge is 0.255 e. The lowest BCUT2D eigenvalue weighted by molar-refractivity contribution is -0.123. The second-order valence-corrected chi connectivity index (χ2v) is 6.39. The average Bonchev–Trinajstić information content (AvgIpc) is 2.38. The van der Waals surface area contributed by atoms with Gasteiger partial charge in [-0.25, -0.2) is 0 Å². The topological polar surface area (TPSA) is 63.4 Å². The molecule has 1 heterocycles. The van der Waals surface area contributed by atoms with Crippen molar-refractivity contribution in [2.24, 2.45) is 11.7 Å². The van der Waals surface area contributed by atoms with Crippen molar-refractivity contribution < 1.29 is 9.59 Å². The van der Waals surface area contributed by atoms with Crippen LogP contribution in [0.3, 0.4) is 0 Å². The number of carbonyl (C=O) groups excluding carboxylic acids is 2. The number of hydrogen-bond acceptors (Lipinski definition) is 2. The fourth-order valence-corrected chi connectivity index (χ4v) is 3.44. The van der Waals surface area contributed by atoms with Gasteiger partial charge in [0, 0.05) is 22.0 Å². The molecule has 1 unspecified atom stereocenters. The van der Waals surface area contributed by atoms with Crippen LogP contribution in [0.2, 0.25) is 0 Å². The number of carbonyl (C=O) groups is 2. The van der Waals surface area contributed by atoms with Crippen molar-refractivity contribution in [1.82, 2.24) is 4.90 Å². The van der Waals surface area contributed by atoms with E-state index >= 15 is 0 Å². The third-order valence-corrected chi connectivity index (χ3v) is 4.42. The molecule has 0 bridgehead atoms. The number of nitrogens with two attached hydrogens (primary N) is 1. The molecular formula is C13H14Br2N2O2. The molecule has 6 heteroatoms. The minimum Gasteiger partial charge on any atom is -0.369 e. The highest BCUT2D eigenvalue weighted by atomic mass is 79.9. The second kappa shape index (κ2) is 6.05. The summed E-state index contributed by atoms with van der Waals surface area (Å²) in [5, 5.41) is 0. The first kappa shape index (κ1) is 14.5. The van der Waals surface area contributed by atoms with E-state index in [1.807, 2.05) is 12.1 Å². The number of hydrogen-bond donors (Lipinski definition) is 1. The zero-order valence-corrected chi connectivity index (χ0v) is 13.4. The first-order valence-electron chi connectivity index (χ1n) is 6.02. The number of nitrogens with zero attached hydrogens (tertiary/aromatic N) is 1. The van der Waals surface area contributed by atoms with Crippen LogP contribution < -0.4 is 5.73 Å². The zero-order valence-electron chi connectivity index (χ0n) is 10.2. The molecule has 1 aliphatic rings. The molecule has 2 N–H and O–H groups in total. The summed E-state index contributed by atoms with van der Waals surface area (Å²) in [7, 11) is 0. The monoisotopic (exact) mass is 388 g/mol. The van der Waals surface area contributed by atoms with Crippen molar-refractivity contribution in [3.8, 4) is 0 Å². The van der Waals surface area contributed by atoms with Gasteiger partial charge in [-0.3, -0.25) is 9.59 Å². The summed E-state index contributed by atoms with van der Waals surface area (Å²) in [6, 6.07) is 5.43. The number of rotatable bonds is 2. The van der Waals surface area contributed by atoms with Gasteiger partial charge in [-0.1, -0.05) is 15.9 Å². The number of benzene rings is 1. The Morgan fingerprint density at radius 2 is 2.05 bits per heavy atom. The molecule has 1 aromatic rings. The van der Waals surface area contributed by atoms with Gasteiger partial charge in [0.1, 0.15) is 0 Å². The predicted octanol–water partition coefficient (Wildman–Crippen LogP) is 2.55. The van der Waals surface area contributed by atoms with Crippen LogP contribution in [0.5, 0.6) is 0 Å². The van der Waals surface area contributed by atoms with Crippen LogP contribution in [-0.2, 0) is 4.79 Å². The summed E-state index contributed by atoms with van der Waals surface area (Å²) in [6.07, 6.45) is 1.58. The molecular weight excluding hydrogens is 376 g/mol. The SMILES string of the molecule is NC(=O)C1CCCN(C(=O)c2ccc(Br)cc2Br)C1. The number of amides is 2. The third-order valence-electron chi connectivity index (χ3n) is 3.27. The van der Waals surface area contributed by atoms with Crippen LogP contribution >= 0.6 is 31.9 Å². The summed E-state index contributed by atoms with van der Waals surface area (Å²) >= 11 is 6.74. The molecule has 19 heavy (non-hydrogen) atoms. The summed E-state index contributed by atoms with van der Waals surface area (Å²) in [6.45, 7) is 1.09. The van der Waals surface area contributed by atoms with E-state index in [4.69, 9.17) is 5.73 Å². The summed E-state index contributed by atoms with van der Waals surface area (Å²) in [4.78, 5) is 25.4. The van der Waals surface area contributed by atoms with Gasteiger partial charge >= 0.3 is 0 Å². The maximum atomic E-state index is 12.4. The van der Waals surface area contributed by atoms with Gasteiger partial charge in [0.2, 0.25) is 5.91 Å². The van der Waals surface area contributed by atoms with Crippen molar-refractivity contribution >= 4 is 43.7 Å². The van der Waals surface area contributed by atoms with Gasteiger partial charge in [-0.05, 0) is 47.0 Å². The summed E-state index contributed by atoms with van der Waals surface area (Å²) in [5.74, 6) is -0.621.